The number of rotatable bonds is 3. The minimum Gasteiger partial charge on any atom is -0.440 e. The molecule has 2 aromatic rings. The average Bonchev–Trinajstić information content (AvgIpc) is 3.21. The number of carbonyl (C=O) groups excluding carboxylic acids is 1. The molecule has 5 fully saturated rings. The Labute approximate surface area is 178 Å². The zero-order valence-electron chi connectivity index (χ0n) is 17.9. The molecule has 6 nitrogen and oxygen atoms in total. The fraction of sp³-hybridized carbons (Fsp3) is 0.667. The Kier molecular flexibility index (Phi) is 4.43. The van der Waals surface area contributed by atoms with Gasteiger partial charge in [-0.25, -0.2) is 4.98 Å². The summed E-state index contributed by atoms with van der Waals surface area (Å²) in [5, 5.41) is 3.34. The highest BCUT2D eigenvalue weighted by Gasteiger charge is 2.44. The predicted molar refractivity (Wildman–Crippen MR) is 116 cm³/mol. The highest BCUT2D eigenvalue weighted by Crippen LogP contribution is 2.43. The third kappa shape index (κ3) is 2.99. The maximum absolute atomic E-state index is 13.3. The van der Waals surface area contributed by atoms with E-state index in [2.05, 4.69) is 22.2 Å². The summed E-state index contributed by atoms with van der Waals surface area (Å²) in [6.45, 7) is 3.39. The average molecular weight is 409 g/mol. The molecule has 0 saturated carbocycles. The standard InChI is InChI=1S/C24H32N4O2/c1-27-17-4-2-5-18(27)15-16(14-17)25-22(29)19-6-3-7-20-21(19)26-23(30-20)24-8-11-28(12-9-24)13-10-24/h3,6-7,16-18H,2,4-5,8-15H2,1H3,(H,25,29). The van der Waals surface area contributed by atoms with E-state index in [9.17, 15) is 4.79 Å². The second-order valence-electron chi connectivity index (χ2n) is 10.1. The molecular formula is C24H32N4O2. The molecule has 1 amide bonds. The first-order valence-electron chi connectivity index (χ1n) is 11.8. The number of carbonyl (C=O) groups is 1. The molecule has 5 saturated heterocycles. The van der Waals surface area contributed by atoms with Crippen molar-refractivity contribution in [2.45, 2.75) is 74.9 Å². The minimum atomic E-state index is 0.00374. The number of para-hydroxylation sites is 1. The molecule has 1 N–H and O–H groups in total. The molecule has 6 heteroatoms. The second kappa shape index (κ2) is 7.06. The molecule has 0 aliphatic carbocycles. The summed E-state index contributed by atoms with van der Waals surface area (Å²) in [5.74, 6) is 0.856. The molecule has 4 bridgehead atoms. The summed E-state index contributed by atoms with van der Waals surface area (Å²) in [5.41, 5.74) is 2.21. The summed E-state index contributed by atoms with van der Waals surface area (Å²) in [7, 11) is 2.25. The Morgan fingerprint density at radius 3 is 2.53 bits per heavy atom. The monoisotopic (exact) mass is 408 g/mol. The van der Waals surface area contributed by atoms with E-state index < -0.39 is 0 Å². The van der Waals surface area contributed by atoms with Gasteiger partial charge in [0.25, 0.3) is 5.91 Å². The van der Waals surface area contributed by atoms with E-state index in [1.807, 2.05) is 18.2 Å². The van der Waals surface area contributed by atoms with Crippen molar-refractivity contribution >= 4 is 17.0 Å². The lowest BCUT2D eigenvalue weighted by atomic mass is 9.72. The van der Waals surface area contributed by atoms with Crippen molar-refractivity contribution in [3.05, 3.63) is 29.7 Å². The van der Waals surface area contributed by atoms with Gasteiger partial charge in [0.15, 0.2) is 5.58 Å². The van der Waals surface area contributed by atoms with Gasteiger partial charge < -0.3 is 19.5 Å². The maximum Gasteiger partial charge on any atom is 0.253 e. The van der Waals surface area contributed by atoms with Crippen molar-refractivity contribution in [3.63, 3.8) is 0 Å². The molecule has 0 spiro atoms. The number of benzene rings is 1. The van der Waals surface area contributed by atoms with Crippen LogP contribution in [0.5, 0.6) is 0 Å². The lowest BCUT2D eigenvalue weighted by Crippen LogP contribution is -2.55. The summed E-state index contributed by atoms with van der Waals surface area (Å²) in [4.78, 5) is 23.3. The van der Waals surface area contributed by atoms with Crippen LogP contribution < -0.4 is 5.32 Å². The predicted octanol–water partition coefficient (Wildman–Crippen LogP) is 3.31. The van der Waals surface area contributed by atoms with Crippen LogP contribution in [0.15, 0.2) is 22.6 Å². The number of amides is 1. The van der Waals surface area contributed by atoms with Gasteiger partial charge in [0.2, 0.25) is 5.89 Å². The molecule has 1 aromatic heterocycles. The fourth-order valence-electron chi connectivity index (χ4n) is 6.50. The first kappa shape index (κ1) is 18.8. The minimum absolute atomic E-state index is 0.00374. The summed E-state index contributed by atoms with van der Waals surface area (Å²) in [6, 6.07) is 7.25. The van der Waals surface area contributed by atoms with E-state index in [4.69, 9.17) is 9.40 Å². The number of oxazole rings is 1. The molecular weight excluding hydrogens is 376 g/mol. The number of fused-ring (bicyclic) bond motifs is 6. The van der Waals surface area contributed by atoms with Crippen molar-refractivity contribution in [2.75, 3.05) is 26.7 Å². The zero-order valence-corrected chi connectivity index (χ0v) is 17.9. The van der Waals surface area contributed by atoms with E-state index in [0.717, 1.165) is 68.7 Å². The van der Waals surface area contributed by atoms with Crippen molar-refractivity contribution < 1.29 is 9.21 Å². The quantitative estimate of drug-likeness (QED) is 0.844. The maximum atomic E-state index is 13.3. The molecule has 5 aliphatic rings. The zero-order chi connectivity index (χ0) is 20.3. The van der Waals surface area contributed by atoms with Crippen molar-refractivity contribution in [1.82, 2.24) is 20.1 Å². The fourth-order valence-corrected chi connectivity index (χ4v) is 6.50. The number of aromatic nitrogens is 1. The Hall–Kier alpha value is -1.92. The molecule has 2 unspecified atom stereocenters. The van der Waals surface area contributed by atoms with E-state index in [1.54, 1.807) is 0 Å². The molecule has 7 rings (SSSR count). The normalized spacial score (nSPS) is 36.2. The summed E-state index contributed by atoms with van der Waals surface area (Å²) >= 11 is 0. The van der Waals surface area contributed by atoms with Crippen molar-refractivity contribution in [3.8, 4) is 0 Å². The van der Waals surface area contributed by atoms with Crippen LogP contribution in [-0.4, -0.2) is 65.5 Å². The number of nitrogens with one attached hydrogen (secondary N) is 1. The molecule has 1 aromatic carbocycles. The van der Waals surface area contributed by atoms with Gasteiger partial charge in [-0.2, -0.15) is 0 Å². The van der Waals surface area contributed by atoms with Crippen LogP contribution in [0.2, 0.25) is 0 Å². The van der Waals surface area contributed by atoms with E-state index in [0.29, 0.717) is 17.6 Å². The van der Waals surface area contributed by atoms with Gasteiger partial charge in [-0.1, -0.05) is 12.5 Å². The lowest BCUT2D eigenvalue weighted by Gasteiger charge is -2.47. The van der Waals surface area contributed by atoms with Gasteiger partial charge in [0.05, 0.1) is 11.0 Å². The molecule has 30 heavy (non-hydrogen) atoms. The van der Waals surface area contributed by atoms with Gasteiger partial charge in [-0.15, -0.1) is 0 Å². The van der Waals surface area contributed by atoms with E-state index >= 15 is 0 Å². The Balaban J connectivity index is 1.26. The molecule has 5 aliphatic heterocycles. The van der Waals surface area contributed by atoms with E-state index in [-0.39, 0.29) is 17.4 Å². The summed E-state index contributed by atoms with van der Waals surface area (Å²) in [6.07, 6.45) is 9.26. The van der Waals surface area contributed by atoms with Crippen molar-refractivity contribution in [2.24, 2.45) is 0 Å². The first-order chi connectivity index (χ1) is 14.6. The smallest absolute Gasteiger partial charge is 0.253 e. The molecule has 2 atom stereocenters. The van der Waals surface area contributed by atoms with Crippen LogP contribution in [0.1, 0.15) is 67.6 Å². The molecule has 6 heterocycles. The Morgan fingerprint density at radius 2 is 1.83 bits per heavy atom. The van der Waals surface area contributed by atoms with Gasteiger partial charge in [-0.3, -0.25) is 4.79 Å². The van der Waals surface area contributed by atoms with Crippen LogP contribution in [0.3, 0.4) is 0 Å². The topological polar surface area (TPSA) is 61.6 Å². The van der Waals surface area contributed by atoms with Crippen LogP contribution in [0.25, 0.3) is 11.1 Å². The van der Waals surface area contributed by atoms with Gasteiger partial charge in [0, 0.05) is 18.1 Å². The third-order valence-corrected chi connectivity index (χ3v) is 8.51. The summed E-state index contributed by atoms with van der Waals surface area (Å²) < 4.78 is 6.27. The van der Waals surface area contributed by atoms with Crippen LogP contribution in [0.4, 0.5) is 0 Å². The SMILES string of the molecule is CN1C2CCCC1CC(NC(=O)c1cccc3oc(C45CCN(CC4)CC5)nc13)C2. The van der Waals surface area contributed by atoms with Gasteiger partial charge >= 0.3 is 0 Å². The number of hydrogen-bond acceptors (Lipinski definition) is 5. The first-order valence-corrected chi connectivity index (χ1v) is 11.8. The van der Waals surface area contributed by atoms with Crippen LogP contribution >= 0.6 is 0 Å². The number of nitrogens with zero attached hydrogens (tertiary/aromatic N) is 3. The third-order valence-electron chi connectivity index (χ3n) is 8.51. The molecule has 160 valence electrons. The van der Waals surface area contributed by atoms with Gasteiger partial charge in [0.1, 0.15) is 5.52 Å². The highest BCUT2D eigenvalue weighted by molar-refractivity contribution is 6.04. The number of hydrogen-bond donors (Lipinski definition) is 1. The van der Waals surface area contributed by atoms with Crippen LogP contribution in [0, 0.1) is 0 Å². The van der Waals surface area contributed by atoms with Gasteiger partial charge in [-0.05, 0) is 83.8 Å². The number of piperidine rings is 5. The van der Waals surface area contributed by atoms with Crippen molar-refractivity contribution in [1.29, 1.82) is 0 Å². The Morgan fingerprint density at radius 1 is 1.13 bits per heavy atom. The Bertz CT molecular complexity index is 933. The largest absolute Gasteiger partial charge is 0.440 e. The highest BCUT2D eigenvalue weighted by atomic mass is 16.3. The van der Waals surface area contributed by atoms with Crippen LogP contribution in [-0.2, 0) is 5.41 Å². The lowest BCUT2D eigenvalue weighted by molar-refractivity contribution is 0.0463. The second-order valence-corrected chi connectivity index (χ2v) is 10.1. The molecule has 0 radical (unpaired) electrons. The van der Waals surface area contributed by atoms with E-state index in [1.165, 1.54) is 19.3 Å².